The number of unbranched alkanes of at least 4 members (excludes halogenated alkanes) is 2. The minimum atomic E-state index is -0.126. The third-order valence-electron chi connectivity index (χ3n) is 3.63. The monoisotopic (exact) mass is 343 g/mol. The molecule has 0 atom stereocenters. The number of nitrogens with zero attached hydrogens (tertiary/aromatic N) is 3. The third-order valence-corrected chi connectivity index (χ3v) is 4.34. The van der Waals surface area contributed by atoms with Gasteiger partial charge < -0.3 is 15.6 Å². The van der Waals surface area contributed by atoms with E-state index in [1.807, 2.05) is 0 Å². The number of nitrogens with two attached hydrogens (primary N) is 1. The first-order valence-electron chi connectivity index (χ1n) is 7.13. The number of halogens is 1. The third kappa shape index (κ3) is 4.04. The van der Waals surface area contributed by atoms with E-state index in [2.05, 4.69) is 35.7 Å². The normalized spacial score (nSPS) is 16.6. The Morgan fingerprint density at radius 2 is 2.00 bits per heavy atom. The molecule has 1 saturated heterocycles. The molecule has 2 rings (SSSR count). The zero-order valence-corrected chi connectivity index (χ0v) is 13.2. The number of nitrogens with one attached hydrogen (secondary N) is 1. The first kappa shape index (κ1) is 15.5. The Hall–Kier alpha value is -0.920. The van der Waals surface area contributed by atoms with E-state index in [-0.39, 0.29) is 5.56 Å². The standard InChI is InChI=1S/C13H22BrN5O/c14-11-12(16-10-17-13(11)20)19-8-6-18(7-9-19)5-3-1-2-4-15/h10H,1-9,15H2,(H,16,17,20). The summed E-state index contributed by atoms with van der Waals surface area (Å²) in [5, 5.41) is 0. The van der Waals surface area contributed by atoms with E-state index >= 15 is 0 Å². The van der Waals surface area contributed by atoms with Crippen molar-refractivity contribution in [3.8, 4) is 0 Å². The highest BCUT2D eigenvalue weighted by Gasteiger charge is 2.20. The van der Waals surface area contributed by atoms with Gasteiger partial charge in [0.25, 0.3) is 5.56 Å². The predicted octanol–water partition coefficient (Wildman–Crippen LogP) is 0.783. The number of H-pyrrole nitrogens is 1. The Kier molecular flexibility index (Phi) is 6.00. The van der Waals surface area contributed by atoms with E-state index in [4.69, 9.17) is 5.73 Å². The number of anilines is 1. The predicted molar refractivity (Wildman–Crippen MR) is 84.1 cm³/mol. The molecule has 0 radical (unpaired) electrons. The fraction of sp³-hybridized carbons (Fsp3) is 0.692. The van der Waals surface area contributed by atoms with Gasteiger partial charge in [-0.1, -0.05) is 6.42 Å². The van der Waals surface area contributed by atoms with Crippen molar-refractivity contribution >= 4 is 21.7 Å². The van der Waals surface area contributed by atoms with Gasteiger partial charge in [0.05, 0.1) is 6.33 Å². The van der Waals surface area contributed by atoms with Gasteiger partial charge in [-0.25, -0.2) is 4.98 Å². The van der Waals surface area contributed by atoms with E-state index in [9.17, 15) is 4.79 Å². The number of aromatic nitrogens is 2. The van der Waals surface area contributed by atoms with Crippen LogP contribution in [-0.2, 0) is 0 Å². The number of rotatable bonds is 6. The molecule has 112 valence electrons. The summed E-state index contributed by atoms with van der Waals surface area (Å²) >= 11 is 3.32. The van der Waals surface area contributed by atoms with Crippen molar-refractivity contribution in [2.45, 2.75) is 19.3 Å². The SMILES string of the molecule is NCCCCCN1CCN(c2nc[nH]c(=O)c2Br)CC1. The lowest BCUT2D eigenvalue weighted by Gasteiger charge is -2.35. The molecule has 7 heteroatoms. The summed E-state index contributed by atoms with van der Waals surface area (Å²) in [6, 6.07) is 0. The van der Waals surface area contributed by atoms with E-state index in [0.717, 1.165) is 51.5 Å². The molecule has 1 aliphatic heterocycles. The zero-order chi connectivity index (χ0) is 14.4. The van der Waals surface area contributed by atoms with Crippen LogP contribution in [-0.4, -0.2) is 54.1 Å². The quantitative estimate of drug-likeness (QED) is 0.746. The molecule has 0 bridgehead atoms. The van der Waals surface area contributed by atoms with Crippen LogP contribution in [0.15, 0.2) is 15.6 Å². The smallest absolute Gasteiger partial charge is 0.267 e. The molecule has 0 amide bonds. The van der Waals surface area contributed by atoms with Crippen LogP contribution in [0.25, 0.3) is 0 Å². The molecule has 2 heterocycles. The Morgan fingerprint density at radius 1 is 1.25 bits per heavy atom. The summed E-state index contributed by atoms with van der Waals surface area (Å²) in [5.74, 6) is 0.747. The minimum absolute atomic E-state index is 0.126. The molecular formula is C13H22BrN5O. The molecule has 3 N–H and O–H groups in total. The Balaban J connectivity index is 1.82. The number of aromatic amines is 1. The van der Waals surface area contributed by atoms with Gasteiger partial charge in [-0.3, -0.25) is 9.69 Å². The molecule has 1 aliphatic rings. The summed E-state index contributed by atoms with van der Waals surface area (Å²) in [6.07, 6.45) is 4.99. The van der Waals surface area contributed by atoms with Gasteiger partial charge in [-0.2, -0.15) is 0 Å². The van der Waals surface area contributed by atoms with Crippen molar-refractivity contribution in [2.24, 2.45) is 5.73 Å². The molecular weight excluding hydrogens is 322 g/mol. The van der Waals surface area contributed by atoms with Gasteiger partial charge >= 0.3 is 0 Å². The highest BCUT2D eigenvalue weighted by molar-refractivity contribution is 9.10. The molecule has 0 aromatic carbocycles. The van der Waals surface area contributed by atoms with E-state index in [0.29, 0.717) is 4.47 Å². The van der Waals surface area contributed by atoms with Crippen LogP contribution in [0.5, 0.6) is 0 Å². The van der Waals surface area contributed by atoms with Crippen molar-refractivity contribution in [2.75, 3.05) is 44.2 Å². The summed E-state index contributed by atoms with van der Waals surface area (Å²) in [4.78, 5) is 23.0. The second kappa shape index (κ2) is 7.75. The minimum Gasteiger partial charge on any atom is -0.353 e. The van der Waals surface area contributed by atoms with Crippen LogP contribution >= 0.6 is 15.9 Å². The van der Waals surface area contributed by atoms with Crippen molar-refractivity contribution in [1.29, 1.82) is 0 Å². The zero-order valence-electron chi connectivity index (χ0n) is 11.6. The molecule has 1 fully saturated rings. The summed E-state index contributed by atoms with van der Waals surface area (Å²) < 4.78 is 0.524. The van der Waals surface area contributed by atoms with E-state index in [1.54, 1.807) is 0 Å². The van der Waals surface area contributed by atoms with Crippen molar-refractivity contribution < 1.29 is 0 Å². The molecule has 0 unspecified atom stereocenters. The Labute approximate surface area is 127 Å². The topological polar surface area (TPSA) is 78.2 Å². The Bertz CT molecular complexity index is 470. The average molecular weight is 344 g/mol. The highest BCUT2D eigenvalue weighted by Crippen LogP contribution is 2.20. The number of piperazine rings is 1. The van der Waals surface area contributed by atoms with Crippen LogP contribution in [0.3, 0.4) is 0 Å². The summed E-state index contributed by atoms with van der Waals surface area (Å²) in [5.41, 5.74) is 5.37. The molecule has 1 aromatic heterocycles. The van der Waals surface area contributed by atoms with Gasteiger partial charge in [-0.15, -0.1) is 0 Å². The first-order chi connectivity index (χ1) is 9.72. The van der Waals surface area contributed by atoms with Gasteiger partial charge in [0, 0.05) is 26.2 Å². The fourth-order valence-electron chi connectivity index (χ4n) is 2.43. The van der Waals surface area contributed by atoms with Crippen molar-refractivity contribution in [3.05, 3.63) is 21.2 Å². The summed E-state index contributed by atoms with van der Waals surface area (Å²) in [6.45, 7) is 5.78. The van der Waals surface area contributed by atoms with Gasteiger partial charge in [-0.05, 0) is 41.9 Å². The lowest BCUT2D eigenvalue weighted by molar-refractivity contribution is 0.252. The maximum Gasteiger partial charge on any atom is 0.267 e. The van der Waals surface area contributed by atoms with Crippen LogP contribution in [0.4, 0.5) is 5.82 Å². The van der Waals surface area contributed by atoms with Gasteiger partial charge in [0.1, 0.15) is 10.3 Å². The fourth-order valence-corrected chi connectivity index (χ4v) is 2.90. The molecule has 6 nitrogen and oxygen atoms in total. The summed E-state index contributed by atoms with van der Waals surface area (Å²) in [7, 11) is 0. The molecule has 20 heavy (non-hydrogen) atoms. The molecule has 0 saturated carbocycles. The number of hydrogen-bond donors (Lipinski definition) is 2. The van der Waals surface area contributed by atoms with Crippen LogP contribution in [0.1, 0.15) is 19.3 Å². The van der Waals surface area contributed by atoms with Crippen LogP contribution < -0.4 is 16.2 Å². The maximum absolute atomic E-state index is 11.6. The molecule has 0 spiro atoms. The second-order valence-corrected chi connectivity index (χ2v) is 5.84. The second-order valence-electron chi connectivity index (χ2n) is 5.05. The molecule has 1 aromatic rings. The van der Waals surface area contributed by atoms with Crippen LogP contribution in [0, 0.1) is 0 Å². The number of hydrogen-bond acceptors (Lipinski definition) is 5. The van der Waals surface area contributed by atoms with Gasteiger partial charge in [0.15, 0.2) is 0 Å². The lowest BCUT2D eigenvalue weighted by Crippen LogP contribution is -2.47. The van der Waals surface area contributed by atoms with Crippen molar-refractivity contribution in [3.63, 3.8) is 0 Å². The highest BCUT2D eigenvalue weighted by atomic mass is 79.9. The molecule has 0 aliphatic carbocycles. The van der Waals surface area contributed by atoms with E-state index in [1.165, 1.54) is 19.2 Å². The van der Waals surface area contributed by atoms with Gasteiger partial charge in [0.2, 0.25) is 0 Å². The van der Waals surface area contributed by atoms with E-state index < -0.39 is 0 Å². The first-order valence-corrected chi connectivity index (χ1v) is 7.92. The largest absolute Gasteiger partial charge is 0.353 e. The van der Waals surface area contributed by atoms with Crippen LogP contribution in [0.2, 0.25) is 0 Å². The average Bonchev–Trinajstić information content (AvgIpc) is 2.47. The lowest BCUT2D eigenvalue weighted by atomic mass is 10.2. The van der Waals surface area contributed by atoms with Crippen molar-refractivity contribution in [1.82, 2.24) is 14.9 Å². The Morgan fingerprint density at radius 3 is 2.70 bits per heavy atom. The maximum atomic E-state index is 11.6.